The molecule has 1 heterocycles. The zero-order valence-corrected chi connectivity index (χ0v) is 13.0. The number of benzene rings is 1. The summed E-state index contributed by atoms with van der Waals surface area (Å²) in [6.07, 6.45) is 1.61. The third-order valence-corrected chi connectivity index (χ3v) is 4.49. The maximum atomic E-state index is 11.4. The number of carbonyl (C=O) groups excluding carboxylic acids is 1. The van der Waals surface area contributed by atoms with Crippen molar-refractivity contribution in [3.8, 4) is 0 Å². The minimum Gasteiger partial charge on any atom is -0.351 e. The van der Waals surface area contributed by atoms with Crippen LogP contribution in [0.2, 0.25) is 0 Å². The van der Waals surface area contributed by atoms with Gasteiger partial charge in [0.05, 0.1) is 7.97 Å². The molecule has 0 unspecified atom stereocenters. The number of nitrogens with one attached hydrogen (secondary N) is 1. The van der Waals surface area contributed by atoms with Crippen LogP contribution in [-0.4, -0.2) is 13.9 Å². The van der Waals surface area contributed by atoms with E-state index in [1.807, 2.05) is 6.07 Å². The number of alkyl halides is 2. The maximum Gasteiger partial charge on any atom is 0.220 e. The van der Waals surface area contributed by atoms with Gasteiger partial charge in [0.15, 0.2) is 0 Å². The smallest absolute Gasteiger partial charge is 0.220 e. The van der Waals surface area contributed by atoms with Crippen LogP contribution in [0.1, 0.15) is 24.3 Å². The molecule has 1 saturated heterocycles. The Labute approximate surface area is 123 Å². The average Bonchev–Trinajstić information content (AvgIpc) is 2.30. The van der Waals surface area contributed by atoms with Gasteiger partial charge in [0.25, 0.3) is 0 Å². The number of piperidine rings is 1. The van der Waals surface area contributed by atoms with Crippen molar-refractivity contribution < 1.29 is 4.79 Å². The first kappa shape index (κ1) is 12.6. The molecule has 0 aromatic heterocycles. The van der Waals surface area contributed by atoms with Crippen LogP contribution >= 0.6 is 45.2 Å². The summed E-state index contributed by atoms with van der Waals surface area (Å²) in [4.78, 5) is 11.4. The molecular weight excluding hydrogens is 428 g/mol. The highest BCUT2D eigenvalue weighted by atomic mass is 127. The van der Waals surface area contributed by atoms with Crippen molar-refractivity contribution in [3.05, 3.63) is 35.9 Å². The molecule has 1 aromatic rings. The lowest BCUT2D eigenvalue weighted by molar-refractivity contribution is -0.123. The van der Waals surface area contributed by atoms with Gasteiger partial charge >= 0.3 is 0 Å². The number of carbonyl (C=O) groups is 1. The van der Waals surface area contributed by atoms with Gasteiger partial charge in [-0.15, -0.1) is 0 Å². The van der Waals surface area contributed by atoms with Crippen molar-refractivity contribution in [2.45, 2.75) is 26.7 Å². The molecule has 1 aliphatic heterocycles. The average molecular weight is 441 g/mol. The molecule has 1 amide bonds. The van der Waals surface area contributed by atoms with Crippen LogP contribution in [0.25, 0.3) is 0 Å². The predicted molar refractivity (Wildman–Crippen MR) is 82.2 cm³/mol. The minimum absolute atomic E-state index is 0.190. The second-order valence-corrected chi connectivity index (χ2v) is 9.05. The number of hydrogen-bond acceptors (Lipinski definition) is 1. The highest BCUT2D eigenvalue weighted by molar-refractivity contribution is 14.2. The Morgan fingerprint density at radius 2 is 1.94 bits per heavy atom. The summed E-state index contributed by atoms with van der Waals surface area (Å²) in [5, 5.41) is 3.11. The van der Waals surface area contributed by atoms with Crippen LogP contribution in [0.4, 0.5) is 0 Å². The predicted octanol–water partition coefficient (Wildman–Crippen LogP) is 3.24. The van der Waals surface area contributed by atoms with E-state index in [2.05, 4.69) is 74.8 Å². The van der Waals surface area contributed by atoms with E-state index >= 15 is 0 Å². The molecule has 0 spiro atoms. The molecule has 4 heteroatoms. The molecule has 86 valence electrons. The molecule has 2 rings (SSSR count). The van der Waals surface area contributed by atoms with Crippen molar-refractivity contribution in [1.29, 1.82) is 0 Å². The van der Waals surface area contributed by atoms with E-state index in [-0.39, 0.29) is 11.9 Å². The molecule has 1 N–H and O–H groups in total. The number of halogens is 2. The Balaban J connectivity index is 2.22. The van der Waals surface area contributed by atoms with E-state index in [9.17, 15) is 4.79 Å². The molecule has 2 nitrogen and oxygen atoms in total. The van der Waals surface area contributed by atoms with Crippen LogP contribution in [0.3, 0.4) is 0 Å². The third kappa shape index (κ3) is 2.88. The second-order valence-electron chi connectivity index (χ2n) is 3.98. The zero-order valence-electron chi connectivity index (χ0n) is 8.70. The van der Waals surface area contributed by atoms with Crippen LogP contribution in [0.5, 0.6) is 0 Å². The highest BCUT2D eigenvalue weighted by Crippen LogP contribution is 2.34. The Bertz CT molecular complexity index is 367. The number of amides is 1. The topological polar surface area (TPSA) is 29.1 Å². The molecule has 1 fully saturated rings. The van der Waals surface area contributed by atoms with Crippen molar-refractivity contribution in [3.63, 3.8) is 0 Å². The van der Waals surface area contributed by atoms with Crippen molar-refractivity contribution in [1.82, 2.24) is 5.32 Å². The first-order valence-electron chi connectivity index (χ1n) is 5.31. The van der Waals surface area contributed by atoms with E-state index in [1.165, 1.54) is 5.56 Å². The quantitative estimate of drug-likeness (QED) is 0.555. The summed E-state index contributed by atoms with van der Waals surface area (Å²) >= 11 is 4.77. The van der Waals surface area contributed by atoms with Crippen LogP contribution in [0, 0.1) is 0 Å². The monoisotopic (exact) mass is 441 g/mol. The molecule has 1 aliphatic rings. The lowest BCUT2D eigenvalue weighted by atomic mass is 9.85. The summed E-state index contributed by atoms with van der Waals surface area (Å²) in [5.74, 6) is 0.646. The van der Waals surface area contributed by atoms with Crippen LogP contribution in [0.15, 0.2) is 30.3 Å². The Kier molecular flexibility index (Phi) is 4.46. The zero-order chi connectivity index (χ0) is 11.5. The fourth-order valence-electron chi connectivity index (χ4n) is 2.14. The molecule has 0 bridgehead atoms. The normalized spacial score (nSPS) is 25.6. The summed E-state index contributed by atoms with van der Waals surface area (Å²) in [6, 6.07) is 10.7. The first-order chi connectivity index (χ1) is 7.68. The van der Waals surface area contributed by atoms with E-state index in [4.69, 9.17) is 0 Å². The van der Waals surface area contributed by atoms with Crippen LogP contribution in [-0.2, 0) is 4.79 Å². The van der Waals surface area contributed by atoms with Crippen LogP contribution < -0.4 is 5.32 Å². The van der Waals surface area contributed by atoms with E-state index in [1.54, 1.807) is 0 Å². The lowest BCUT2D eigenvalue weighted by Gasteiger charge is -2.33. The molecule has 0 saturated carbocycles. The summed E-state index contributed by atoms with van der Waals surface area (Å²) in [5.41, 5.74) is 1.34. The fourth-order valence-corrected chi connectivity index (χ4v) is 3.50. The lowest BCUT2D eigenvalue weighted by Crippen LogP contribution is -2.47. The standard InChI is InChI=1S/C12H13I2NO/c13-12(14)11-9(6-7-10(16)15-11)8-4-2-1-3-5-8/h1-5,9,11-12H,6-7H2,(H,15,16)/t9-,11+/m1/s1. The van der Waals surface area contributed by atoms with Gasteiger partial charge in [-0.25, -0.2) is 0 Å². The largest absolute Gasteiger partial charge is 0.351 e. The van der Waals surface area contributed by atoms with Gasteiger partial charge in [-0.1, -0.05) is 75.5 Å². The van der Waals surface area contributed by atoms with Gasteiger partial charge in [0, 0.05) is 12.3 Å². The van der Waals surface area contributed by atoms with Gasteiger partial charge in [0.1, 0.15) is 0 Å². The maximum absolute atomic E-state index is 11.4. The summed E-state index contributed by atoms with van der Waals surface area (Å²) in [6.45, 7) is 0. The van der Waals surface area contributed by atoms with E-state index < -0.39 is 0 Å². The van der Waals surface area contributed by atoms with Gasteiger partial charge in [0.2, 0.25) is 5.91 Å². The minimum atomic E-state index is 0.190. The SMILES string of the molecule is O=C1CC[C@H](c2ccccc2)[C@@H](C(I)I)N1. The Morgan fingerprint density at radius 3 is 2.56 bits per heavy atom. The van der Waals surface area contributed by atoms with Gasteiger partial charge in [-0.3, -0.25) is 4.79 Å². The van der Waals surface area contributed by atoms with Gasteiger partial charge in [-0.2, -0.15) is 0 Å². The molecular formula is C12H13I2NO. The second kappa shape index (κ2) is 5.66. The molecule has 1 aromatic carbocycles. The van der Waals surface area contributed by atoms with E-state index in [0.717, 1.165) is 6.42 Å². The van der Waals surface area contributed by atoms with Gasteiger partial charge < -0.3 is 5.32 Å². The Hall–Kier alpha value is 0.150. The van der Waals surface area contributed by atoms with Crippen molar-refractivity contribution in [2.75, 3.05) is 0 Å². The summed E-state index contributed by atoms with van der Waals surface area (Å²) in [7, 11) is 0. The van der Waals surface area contributed by atoms with Crippen molar-refractivity contribution in [2.24, 2.45) is 0 Å². The number of hydrogen-bond donors (Lipinski definition) is 1. The highest BCUT2D eigenvalue weighted by Gasteiger charge is 2.33. The third-order valence-electron chi connectivity index (χ3n) is 2.94. The molecule has 0 aliphatic carbocycles. The molecule has 0 radical (unpaired) electrons. The number of rotatable bonds is 2. The fraction of sp³-hybridized carbons (Fsp3) is 0.417. The van der Waals surface area contributed by atoms with E-state index in [0.29, 0.717) is 14.3 Å². The molecule has 2 atom stereocenters. The summed E-state index contributed by atoms with van der Waals surface area (Å²) < 4.78 is 0.421. The molecule has 16 heavy (non-hydrogen) atoms. The first-order valence-corrected chi connectivity index (χ1v) is 7.80. The van der Waals surface area contributed by atoms with Crippen molar-refractivity contribution >= 4 is 51.1 Å². The Morgan fingerprint density at radius 1 is 1.25 bits per heavy atom. The van der Waals surface area contributed by atoms with Gasteiger partial charge in [-0.05, 0) is 12.0 Å².